The Balaban J connectivity index is 2.39. The highest BCUT2D eigenvalue weighted by Gasteiger charge is 2.16. The second-order valence-electron chi connectivity index (χ2n) is 5.77. The van der Waals surface area contributed by atoms with Crippen LogP contribution in [-0.2, 0) is 4.74 Å². The van der Waals surface area contributed by atoms with Gasteiger partial charge in [-0.3, -0.25) is 0 Å². The molecule has 0 aliphatic rings. The van der Waals surface area contributed by atoms with Gasteiger partial charge in [-0.1, -0.05) is 0 Å². The van der Waals surface area contributed by atoms with E-state index in [1.807, 2.05) is 24.3 Å². The summed E-state index contributed by atoms with van der Waals surface area (Å²) in [6.07, 6.45) is -0.00413. The third-order valence-electron chi connectivity index (χ3n) is 2.69. The maximum atomic E-state index is 11.5. The van der Waals surface area contributed by atoms with Crippen molar-refractivity contribution in [1.82, 2.24) is 5.32 Å². The van der Waals surface area contributed by atoms with Crippen LogP contribution in [0.25, 0.3) is 0 Å². The van der Waals surface area contributed by atoms with Gasteiger partial charge >= 0.3 is 6.09 Å². The molecule has 1 atom stereocenters. The minimum absolute atomic E-state index is 0.357. The summed E-state index contributed by atoms with van der Waals surface area (Å²) in [5, 5.41) is 14.9. The molecule has 2 N–H and O–H groups in total. The van der Waals surface area contributed by atoms with Crippen LogP contribution in [0.15, 0.2) is 24.3 Å². The molecule has 0 aromatic heterocycles. The van der Waals surface area contributed by atoms with Gasteiger partial charge in [0.1, 0.15) is 17.4 Å². The molecule has 22 heavy (non-hydrogen) atoms. The lowest BCUT2D eigenvalue weighted by molar-refractivity contribution is 0.0527. The monoisotopic (exact) mass is 305 g/mol. The minimum atomic E-state index is -0.528. The minimum Gasteiger partial charge on any atom is -0.497 e. The predicted molar refractivity (Wildman–Crippen MR) is 84.9 cm³/mol. The van der Waals surface area contributed by atoms with Crippen molar-refractivity contribution in [1.29, 1.82) is 5.26 Å². The van der Waals surface area contributed by atoms with Crippen LogP contribution in [0.5, 0.6) is 5.75 Å². The van der Waals surface area contributed by atoms with Crippen molar-refractivity contribution in [2.45, 2.75) is 38.8 Å². The quantitative estimate of drug-likeness (QED) is 0.844. The van der Waals surface area contributed by atoms with Gasteiger partial charge in [0.2, 0.25) is 0 Å². The van der Waals surface area contributed by atoms with Crippen LogP contribution in [-0.4, -0.2) is 31.4 Å². The summed E-state index contributed by atoms with van der Waals surface area (Å²) >= 11 is 0. The van der Waals surface area contributed by atoms with E-state index in [0.717, 1.165) is 11.4 Å². The van der Waals surface area contributed by atoms with E-state index < -0.39 is 17.7 Å². The third kappa shape index (κ3) is 6.84. The van der Waals surface area contributed by atoms with Gasteiger partial charge in [-0.05, 0) is 51.5 Å². The number of ether oxygens (including phenoxy) is 2. The molecule has 1 amide bonds. The standard InChI is InChI=1S/C16H23N3O3/c1-16(2,3)22-15(20)18-10-9-13(11-17)19-12-5-7-14(21-4)8-6-12/h5-8,13,19H,9-10H2,1-4H3,(H,18,20). The number of rotatable bonds is 6. The highest BCUT2D eigenvalue weighted by Crippen LogP contribution is 2.16. The molecular formula is C16H23N3O3. The number of nitrogens with zero attached hydrogens (tertiary/aromatic N) is 1. The van der Waals surface area contributed by atoms with E-state index in [0.29, 0.717) is 13.0 Å². The molecule has 1 aromatic rings. The fourth-order valence-corrected chi connectivity index (χ4v) is 1.69. The Morgan fingerprint density at radius 1 is 1.32 bits per heavy atom. The van der Waals surface area contributed by atoms with Crippen molar-refractivity contribution < 1.29 is 14.3 Å². The number of methoxy groups -OCH3 is 1. The highest BCUT2D eigenvalue weighted by atomic mass is 16.6. The molecule has 0 radical (unpaired) electrons. The molecule has 0 heterocycles. The van der Waals surface area contributed by atoms with Crippen LogP contribution < -0.4 is 15.4 Å². The van der Waals surface area contributed by atoms with Crippen molar-refractivity contribution in [3.63, 3.8) is 0 Å². The van der Waals surface area contributed by atoms with Gasteiger partial charge in [0.05, 0.1) is 13.2 Å². The summed E-state index contributed by atoms with van der Waals surface area (Å²) in [4.78, 5) is 11.5. The SMILES string of the molecule is COc1ccc(NC(C#N)CCNC(=O)OC(C)(C)C)cc1. The van der Waals surface area contributed by atoms with E-state index in [1.54, 1.807) is 27.9 Å². The first-order valence-corrected chi connectivity index (χ1v) is 7.11. The second-order valence-corrected chi connectivity index (χ2v) is 5.77. The molecule has 0 saturated carbocycles. The maximum Gasteiger partial charge on any atom is 0.407 e. The van der Waals surface area contributed by atoms with Crippen molar-refractivity contribution in [3.05, 3.63) is 24.3 Å². The van der Waals surface area contributed by atoms with E-state index in [2.05, 4.69) is 16.7 Å². The number of hydrogen-bond donors (Lipinski definition) is 2. The first kappa shape index (κ1) is 17.6. The van der Waals surface area contributed by atoms with Gasteiger partial charge < -0.3 is 20.1 Å². The fraction of sp³-hybridized carbons (Fsp3) is 0.500. The second kappa shape index (κ2) is 8.13. The topological polar surface area (TPSA) is 83.4 Å². The average molecular weight is 305 g/mol. The number of amides is 1. The molecule has 1 rings (SSSR count). The number of nitriles is 1. The van der Waals surface area contributed by atoms with Crippen LogP contribution in [0.3, 0.4) is 0 Å². The molecule has 1 aromatic carbocycles. The Labute approximate surface area is 131 Å². The first-order valence-electron chi connectivity index (χ1n) is 7.11. The lowest BCUT2D eigenvalue weighted by Crippen LogP contribution is -2.34. The Morgan fingerprint density at radius 3 is 2.45 bits per heavy atom. The normalized spacial score (nSPS) is 12.0. The summed E-state index contributed by atoms with van der Waals surface area (Å²) < 4.78 is 10.2. The lowest BCUT2D eigenvalue weighted by atomic mass is 10.2. The van der Waals surface area contributed by atoms with Gasteiger partial charge in [0.25, 0.3) is 0 Å². The number of nitrogens with one attached hydrogen (secondary N) is 2. The summed E-state index contributed by atoms with van der Waals surface area (Å²) in [5.41, 5.74) is 0.296. The van der Waals surface area contributed by atoms with Crippen molar-refractivity contribution in [2.75, 3.05) is 19.0 Å². The molecule has 6 nitrogen and oxygen atoms in total. The summed E-state index contributed by atoms with van der Waals surface area (Å²) in [6, 6.07) is 9.07. The van der Waals surface area contributed by atoms with E-state index in [9.17, 15) is 4.79 Å². The largest absolute Gasteiger partial charge is 0.497 e. The summed E-state index contributed by atoms with van der Waals surface area (Å²) in [5.74, 6) is 0.755. The number of benzene rings is 1. The number of carbonyl (C=O) groups excluding carboxylic acids is 1. The smallest absolute Gasteiger partial charge is 0.407 e. The van der Waals surface area contributed by atoms with Crippen LogP contribution >= 0.6 is 0 Å². The zero-order valence-corrected chi connectivity index (χ0v) is 13.5. The fourth-order valence-electron chi connectivity index (χ4n) is 1.69. The van der Waals surface area contributed by atoms with Gasteiger partial charge in [0.15, 0.2) is 0 Å². The van der Waals surface area contributed by atoms with E-state index >= 15 is 0 Å². The number of anilines is 1. The van der Waals surface area contributed by atoms with Gasteiger partial charge in [-0.25, -0.2) is 4.79 Å². The molecule has 0 fully saturated rings. The molecule has 120 valence electrons. The van der Waals surface area contributed by atoms with E-state index in [-0.39, 0.29) is 0 Å². The maximum absolute atomic E-state index is 11.5. The number of alkyl carbamates (subject to hydrolysis) is 1. The van der Waals surface area contributed by atoms with E-state index in [4.69, 9.17) is 14.7 Å². The van der Waals surface area contributed by atoms with Gasteiger partial charge in [-0.2, -0.15) is 5.26 Å². The van der Waals surface area contributed by atoms with Crippen molar-refractivity contribution in [3.8, 4) is 11.8 Å². The van der Waals surface area contributed by atoms with Crippen molar-refractivity contribution in [2.24, 2.45) is 0 Å². The molecule has 0 aliphatic heterocycles. The number of carbonyl (C=O) groups is 1. The van der Waals surface area contributed by atoms with E-state index in [1.165, 1.54) is 0 Å². The molecule has 0 bridgehead atoms. The highest BCUT2D eigenvalue weighted by molar-refractivity contribution is 5.67. The zero-order valence-electron chi connectivity index (χ0n) is 13.5. The molecule has 0 aliphatic carbocycles. The Morgan fingerprint density at radius 2 is 1.95 bits per heavy atom. The van der Waals surface area contributed by atoms with Gasteiger partial charge in [-0.15, -0.1) is 0 Å². The molecule has 1 unspecified atom stereocenters. The van der Waals surface area contributed by atoms with Crippen LogP contribution in [0.4, 0.5) is 10.5 Å². The molecule has 0 saturated heterocycles. The molecular weight excluding hydrogens is 282 g/mol. The van der Waals surface area contributed by atoms with Crippen LogP contribution in [0.2, 0.25) is 0 Å². The van der Waals surface area contributed by atoms with Crippen LogP contribution in [0, 0.1) is 11.3 Å². The summed E-state index contributed by atoms with van der Waals surface area (Å²) in [7, 11) is 1.60. The molecule has 6 heteroatoms. The Bertz CT molecular complexity index is 515. The van der Waals surface area contributed by atoms with Crippen molar-refractivity contribution >= 4 is 11.8 Å². The Kier molecular flexibility index (Phi) is 6.51. The molecule has 0 spiro atoms. The van der Waals surface area contributed by atoms with Gasteiger partial charge in [0, 0.05) is 12.2 Å². The summed E-state index contributed by atoms with van der Waals surface area (Å²) in [6.45, 7) is 5.76. The van der Waals surface area contributed by atoms with Crippen LogP contribution in [0.1, 0.15) is 27.2 Å². The third-order valence-corrected chi connectivity index (χ3v) is 2.69. The average Bonchev–Trinajstić information content (AvgIpc) is 2.45. The Hall–Kier alpha value is -2.42. The number of hydrogen-bond acceptors (Lipinski definition) is 5. The lowest BCUT2D eigenvalue weighted by Gasteiger charge is -2.20. The zero-order chi connectivity index (χ0) is 16.6. The predicted octanol–water partition coefficient (Wildman–Crippen LogP) is 2.91. The first-order chi connectivity index (χ1) is 10.3.